The monoisotopic (exact) mass is 310 g/mol. The Morgan fingerprint density at radius 1 is 1.33 bits per heavy atom. The van der Waals surface area contributed by atoms with Gasteiger partial charge in [-0.05, 0) is 25.1 Å². The van der Waals surface area contributed by atoms with Gasteiger partial charge in [0.15, 0.2) is 0 Å². The summed E-state index contributed by atoms with van der Waals surface area (Å²) in [6.07, 6.45) is 0. The van der Waals surface area contributed by atoms with Gasteiger partial charge in [-0.2, -0.15) is 4.98 Å². The van der Waals surface area contributed by atoms with Crippen molar-refractivity contribution in [1.82, 2.24) is 9.97 Å². The number of halogens is 2. The van der Waals surface area contributed by atoms with Crippen molar-refractivity contribution >= 4 is 27.7 Å². The van der Waals surface area contributed by atoms with Crippen molar-refractivity contribution in [2.24, 2.45) is 0 Å². The quantitative estimate of drug-likeness (QED) is 0.915. The maximum Gasteiger partial charge on any atom is 0.222 e. The van der Waals surface area contributed by atoms with Crippen molar-refractivity contribution in [2.45, 2.75) is 13.5 Å². The molecule has 0 aliphatic heterocycles. The Kier molecular flexibility index (Phi) is 3.76. The zero-order chi connectivity index (χ0) is 13.1. The van der Waals surface area contributed by atoms with Crippen LogP contribution in [0.4, 0.5) is 16.2 Å². The lowest BCUT2D eigenvalue weighted by atomic mass is 10.2. The zero-order valence-corrected chi connectivity index (χ0v) is 11.3. The molecule has 0 radical (unpaired) electrons. The summed E-state index contributed by atoms with van der Waals surface area (Å²) in [4.78, 5) is 7.99. The molecular formula is C12H12BrFN4. The van der Waals surface area contributed by atoms with E-state index in [-0.39, 0.29) is 11.8 Å². The van der Waals surface area contributed by atoms with E-state index in [0.717, 1.165) is 10.2 Å². The molecule has 1 aromatic carbocycles. The molecule has 4 nitrogen and oxygen atoms in total. The van der Waals surface area contributed by atoms with Gasteiger partial charge in [0.2, 0.25) is 5.95 Å². The Balaban J connectivity index is 2.13. The summed E-state index contributed by atoms with van der Waals surface area (Å²) in [7, 11) is 0. The predicted molar refractivity (Wildman–Crippen MR) is 72.6 cm³/mol. The van der Waals surface area contributed by atoms with Gasteiger partial charge in [-0.25, -0.2) is 9.37 Å². The van der Waals surface area contributed by atoms with Gasteiger partial charge in [0, 0.05) is 28.3 Å². The zero-order valence-electron chi connectivity index (χ0n) is 9.74. The third-order valence-electron chi connectivity index (χ3n) is 2.34. The van der Waals surface area contributed by atoms with Crippen LogP contribution in [-0.2, 0) is 6.54 Å². The molecule has 0 saturated heterocycles. The molecule has 6 heteroatoms. The minimum atomic E-state index is -0.260. The van der Waals surface area contributed by atoms with Crippen LogP contribution >= 0.6 is 15.9 Å². The molecule has 1 heterocycles. The molecule has 0 bridgehead atoms. The van der Waals surface area contributed by atoms with Crippen molar-refractivity contribution in [3.05, 3.63) is 45.8 Å². The highest BCUT2D eigenvalue weighted by atomic mass is 79.9. The van der Waals surface area contributed by atoms with E-state index in [4.69, 9.17) is 5.73 Å². The largest absolute Gasteiger partial charge is 0.368 e. The second-order valence-electron chi connectivity index (χ2n) is 3.84. The molecule has 0 spiro atoms. The highest BCUT2D eigenvalue weighted by Crippen LogP contribution is 2.17. The number of aromatic nitrogens is 2. The number of nitrogens with zero attached hydrogens (tertiary/aromatic N) is 2. The highest BCUT2D eigenvalue weighted by molar-refractivity contribution is 9.10. The standard InChI is InChI=1S/C12H12BrFN4/c1-7-4-11(18-12(15)17-7)16-6-8-5-9(13)2-3-10(8)14/h2-5H,6H2,1H3,(H3,15,16,17,18). The van der Waals surface area contributed by atoms with Crippen molar-refractivity contribution in [3.63, 3.8) is 0 Å². The van der Waals surface area contributed by atoms with Crippen LogP contribution in [0.1, 0.15) is 11.3 Å². The minimum absolute atomic E-state index is 0.201. The first kappa shape index (κ1) is 12.8. The fourth-order valence-corrected chi connectivity index (χ4v) is 1.96. The summed E-state index contributed by atoms with van der Waals surface area (Å²) < 4.78 is 14.3. The number of nitrogen functional groups attached to an aromatic ring is 1. The summed E-state index contributed by atoms with van der Waals surface area (Å²) in [5.74, 6) is 0.524. The van der Waals surface area contributed by atoms with Crippen LogP contribution in [0.2, 0.25) is 0 Å². The van der Waals surface area contributed by atoms with E-state index < -0.39 is 0 Å². The van der Waals surface area contributed by atoms with Crippen LogP contribution in [0, 0.1) is 12.7 Å². The van der Waals surface area contributed by atoms with Crippen LogP contribution in [-0.4, -0.2) is 9.97 Å². The smallest absolute Gasteiger partial charge is 0.222 e. The Hall–Kier alpha value is -1.69. The molecular weight excluding hydrogens is 299 g/mol. The maximum absolute atomic E-state index is 13.5. The van der Waals surface area contributed by atoms with Crippen LogP contribution in [0.25, 0.3) is 0 Å². The van der Waals surface area contributed by atoms with Crippen molar-refractivity contribution in [3.8, 4) is 0 Å². The van der Waals surface area contributed by atoms with Gasteiger partial charge in [0.1, 0.15) is 11.6 Å². The van der Waals surface area contributed by atoms with Crippen LogP contribution < -0.4 is 11.1 Å². The third kappa shape index (κ3) is 3.16. The third-order valence-corrected chi connectivity index (χ3v) is 2.83. The molecule has 18 heavy (non-hydrogen) atoms. The lowest BCUT2D eigenvalue weighted by Crippen LogP contribution is -2.06. The molecule has 0 atom stereocenters. The lowest BCUT2D eigenvalue weighted by Gasteiger charge is -2.08. The summed E-state index contributed by atoms with van der Waals surface area (Å²) in [6.45, 7) is 2.16. The molecule has 94 valence electrons. The van der Waals surface area contributed by atoms with E-state index in [9.17, 15) is 4.39 Å². The first-order chi connectivity index (χ1) is 8.54. The summed E-state index contributed by atoms with van der Waals surface area (Å²) in [5, 5.41) is 3.02. The van der Waals surface area contributed by atoms with Crippen molar-refractivity contribution < 1.29 is 4.39 Å². The second kappa shape index (κ2) is 5.30. The number of nitrogens with one attached hydrogen (secondary N) is 1. The topological polar surface area (TPSA) is 63.8 Å². The van der Waals surface area contributed by atoms with E-state index >= 15 is 0 Å². The highest BCUT2D eigenvalue weighted by Gasteiger charge is 2.04. The van der Waals surface area contributed by atoms with E-state index in [2.05, 4.69) is 31.2 Å². The number of rotatable bonds is 3. The average Bonchev–Trinajstić information content (AvgIpc) is 2.29. The van der Waals surface area contributed by atoms with Gasteiger partial charge in [-0.3, -0.25) is 0 Å². The summed E-state index contributed by atoms with van der Waals surface area (Å²) >= 11 is 3.31. The van der Waals surface area contributed by atoms with Gasteiger partial charge >= 0.3 is 0 Å². The molecule has 0 amide bonds. The number of nitrogens with two attached hydrogens (primary N) is 1. The number of anilines is 2. The Morgan fingerprint density at radius 3 is 2.83 bits per heavy atom. The lowest BCUT2D eigenvalue weighted by molar-refractivity contribution is 0.612. The number of hydrogen-bond donors (Lipinski definition) is 2. The van der Waals surface area contributed by atoms with Gasteiger partial charge in [-0.1, -0.05) is 15.9 Å². The first-order valence-electron chi connectivity index (χ1n) is 5.33. The van der Waals surface area contributed by atoms with E-state index in [1.54, 1.807) is 18.2 Å². The van der Waals surface area contributed by atoms with Gasteiger partial charge in [0.25, 0.3) is 0 Å². The second-order valence-corrected chi connectivity index (χ2v) is 4.76. The van der Waals surface area contributed by atoms with Gasteiger partial charge in [0.05, 0.1) is 0 Å². The van der Waals surface area contributed by atoms with Gasteiger partial charge in [-0.15, -0.1) is 0 Å². The molecule has 3 N–H and O–H groups in total. The molecule has 0 saturated carbocycles. The minimum Gasteiger partial charge on any atom is -0.368 e. The average molecular weight is 311 g/mol. The molecule has 1 aromatic heterocycles. The van der Waals surface area contributed by atoms with E-state index in [1.165, 1.54) is 6.07 Å². The van der Waals surface area contributed by atoms with Crippen LogP contribution in [0.3, 0.4) is 0 Å². The molecule has 0 aliphatic carbocycles. The maximum atomic E-state index is 13.5. The molecule has 2 aromatic rings. The Morgan fingerprint density at radius 2 is 2.11 bits per heavy atom. The van der Waals surface area contributed by atoms with E-state index in [0.29, 0.717) is 17.9 Å². The van der Waals surface area contributed by atoms with E-state index in [1.807, 2.05) is 6.92 Å². The molecule has 2 rings (SSSR count). The number of aryl methyl sites for hydroxylation is 1. The van der Waals surface area contributed by atoms with Gasteiger partial charge < -0.3 is 11.1 Å². The molecule has 0 aliphatic rings. The Bertz CT molecular complexity index is 554. The number of benzene rings is 1. The summed E-state index contributed by atoms with van der Waals surface area (Å²) in [6, 6.07) is 6.55. The first-order valence-corrected chi connectivity index (χ1v) is 6.13. The Labute approximate surface area is 113 Å². The van der Waals surface area contributed by atoms with Crippen LogP contribution in [0.5, 0.6) is 0 Å². The van der Waals surface area contributed by atoms with Crippen molar-refractivity contribution in [2.75, 3.05) is 11.1 Å². The normalized spacial score (nSPS) is 10.4. The fourth-order valence-electron chi connectivity index (χ4n) is 1.55. The molecule has 0 unspecified atom stereocenters. The summed E-state index contributed by atoms with van der Waals surface area (Å²) in [5.41, 5.74) is 6.86. The predicted octanol–water partition coefficient (Wildman–Crippen LogP) is 2.88. The van der Waals surface area contributed by atoms with Crippen molar-refractivity contribution in [1.29, 1.82) is 0 Å². The number of hydrogen-bond acceptors (Lipinski definition) is 4. The van der Waals surface area contributed by atoms with Crippen LogP contribution in [0.15, 0.2) is 28.7 Å². The SMILES string of the molecule is Cc1cc(NCc2cc(Br)ccc2F)nc(N)n1. The fraction of sp³-hybridized carbons (Fsp3) is 0.167. The molecule has 0 fully saturated rings.